The summed E-state index contributed by atoms with van der Waals surface area (Å²) in [5, 5.41) is 4.76. The van der Waals surface area contributed by atoms with Gasteiger partial charge in [-0.25, -0.2) is 0 Å². The zero-order valence-electron chi connectivity index (χ0n) is 52.6. The van der Waals surface area contributed by atoms with Crippen LogP contribution in [0.15, 0.2) is 280 Å². The summed E-state index contributed by atoms with van der Waals surface area (Å²) in [6.07, 6.45) is 4.94. The first kappa shape index (κ1) is 56.8. The second-order valence-electron chi connectivity index (χ2n) is 27.4. The number of fused-ring (bicyclic) bond motifs is 7. The topological polar surface area (TPSA) is 8.17 Å². The fourth-order valence-electron chi connectivity index (χ4n) is 14.8. The molecule has 1 atom stereocenters. The van der Waals surface area contributed by atoms with E-state index in [1.807, 2.05) is 12.2 Å². The van der Waals surface area contributed by atoms with Gasteiger partial charge < -0.3 is 9.47 Å². The highest BCUT2D eigenvalue weighted by atomic mass is 15.1. The minimum absolute atomic E-state index is 0.00428. The molecule has 0 saturated carbocycles. The van der Waals surface area contributed by atoms with Crippen molar-refractivity contribution in [3.05, 3.63) is 325 Å². The maximum absolute atomic E-state index is 4.16. The molecule has 14 rings (SSSR count). The molecule has 13 aromatic rings. The van der Waals surface area contributed by atoms with E-state index in [1.165, 1.54) is 99.5 Å². The lowest BCUT2D eigenvalue weighted by molar-refractivity contribution is 0.284. The molecule has 0 bridgehead atoms. The maximum Gasteiger partial charge on any atom is 0.0714 e. The molecule has 0 amide bonds. The van der Waals surface area contributed by atoms with E-state index in [1.54, 1.807) is 0 Å². The molecule has 89 heavy (non-hydrogen) atoms. The van der Waals surface area contributed by atoms with E-state index in [2.05, 4.69) is 345 Å². The Morgan fingerprint density at radius 1 is 0.382 bits per heavy atom. The van der Waals surface area contributed by atoms with Gasteiger partial charge in [0.15, 0.2) is 0 Å². The highest BCUT2D eigenvalue weighted by Gasteiger charge is 2.46. The van der Waals surface area contributed by atoms with Gasteiger partial charge in [0.1, 0.15) is 0 Å². The first-order valence-electron chi connectivity index (χ1n) is 31.5. The van der Waals surface area contributed by atoms with E-state index in [4.69, 9.17) is 0 Å². The minimum atomic E-state index is -0.633. The monoisotopic (exact) mass is 1150 g/mol. The summed E-state index contributed by atoms with van der Waals surface area (Å²) in [7, 11) is 0. The molecule has 0 fully saturated rings. The quantitative estimate of drug-likeness (QED) is 0.112. The van der Waals surface area contributed by atoms with Crippen molar-refractivity contribution >= 4 is 61.8 Å². The molecule has 0 radical (unpaired) electrons. The lowest BCUT2D eigenvalue weighted by atomic mass is 9.67. The minimum Gasteiger partial charge on any atom is -0.310 e. The third-order valence-corrected chi connectivity index (χ3v) is 18.9. The van der Waals surface area contributed by atoms with E-state index < -0.39 is 5.41 Å². The van der Waals surface area contributed by atoms with Crippen molar-refractivity contribution in [1.82, 2.24) is 4.57 Å². The summed E-state index contributed by atoms with van der Waals surface area (Å²) < 4.78 is 2.41. The Morgan fingerprint density at radius 3 is 1.52 bits per heavy atom. The average molecular weight is 1150 g/mol. The molecule has 434 valence electrons. The van der Waals surface area contributed by atoms with Crippen LogP contribution in [-0.2, 0) is 16.2 Å². The number of benzene rings is 12. The Labute approximate surface area is 526 Å². The summed E-state index contributed by atoms with van der Waals surface area (Å²) in [6.45, 7) is 26.8. The highest BCUT2D eigenvalue weighted by molar-refractivity contribution is 6.13. The predicted octanol–water partition coefficient (Wildman–Crippen LogP) is 24.1. The first-order valence-corrected chi connectivity index (χ1v) is 31.5. The molecule has 1 unspecified atom stereocenters. The molecule has 1 aliphatic rings. The highest BCUT2D eigenvalue weighted by Crippen LogP contribution is 2.58. The van der Waals surface area contributed by atoms with Crippen molar-refractivity contribution in [3.8, 4) is 50.2 Å². The first-order chi connectivity index (χ1) is 43.0. The van der Waals surface area contributed by atoms with E-state index in [9.17, 15) is 0 Å². The van der Waals surface area contributed by atoms with Crippen LogP contribution in [0.25, 0.3) is 94.9 Å². The fourth-order valence-corrected chi connectivity index (χ4v) is 14.8. The van der Waals surface area contributed by atoms with Crippen LogP contribution >= 0.6 is 0 Å². The molecule has 0 saturated heterocycles. The molecule has 2 nitrogen and oxygen atoms in total. The Bertz CT molecular complexity index is 4830. The molecule has 1 aliphatic carbocycles. The van der Waals surface area contributed by atoms with E-state index in [0.29, 0.717) is 0 Å². The molecular weight excluding hydrogens is 1070 g/mol. The predicted molar refractivity (Wildman–Crippen MR) is 383 cm³/mol. The van der Waals surface area contributed by atoms with Crippen LogP contribution in [0, 0.1) is 5.41 Å². The van der Waals surface area contributed by atoms with Gasteiger partial charge in [-0.1, -0.05) is 281 Å². The maximum atomic E-state index is 4.16. The Kier molecular flexibility index (Phi) is 14.0. The number of nitrogens with zero attached hydrogens (tertiary/aromatic N) is 2. The third-order valence-electron chi connectivity index (χ3n) is 18.9. The van der Waals surface area contributed by atoms with Gasteiger partial charge in [0, 0.05) is 33.2 Å². The number of para-hydroxylation sites is 1. The number of anilines is 3. The van der Waals surface area contributed by atoms with Gasteiger partial charge in [-0.2, -0.15) is 0 Å². The smallest absolute Gasteiger partial charge is 0.0714 e. The van der Waals surface area contributed by atoms with Crippen LogP contribution in [0.4, 0.5) is 17.1 Å². The number of aromatic nitrogens is 1. The summed E-state index contributed by atoms with van der Waals surface area (Å²) in [5.74, 6) is 0. The van der Waals surface area contributed by atoms with Crippen molar-refractivity contribution in [1.29, 1.82) is 0 Å². The standard InChI is InChI=1S/C87H76N2/c1-11-58-28-32-62(33-29-58)63-38-52-82-77(54-63)78-55-64(39-53-83(78)89(82)69-20-14-13-15-21-69)72-23-18-25-76-73(72)24-19-27-81(76)88(70-48-36-61(37-49-70)60-34-42-66(43-35-60)86(9,10)57-84(3,4)5)71-50-51-75-74-22-16-17-26-79(74)87(80(75)56-71,67-40-30-59(12-2)31-41-67)68-46-44-65(45-47-68)85(6,7)8/h11-56H,1-2,57H2,3-10H3. The number of rotatable bonds is 13. The van der Waals surface area contributed by atoms with E-state index in [0.717, 1.165) is 51.2 Å². The molecule has 1 heterocycles. The van der Waals surface area contributed by atoms with Crippen molar-refractivity contribution in [2.24, 2.45) is 5.41 Å². The number of hydrogen-bond donors (Lipinski definition) is 0. The van der Waals surface area contributed by atoms with Crippen LogP contribution in [0.3, 0.4) is 0 Å². The number of hydrogen-bond acceptors (Lipinski definition) is 1. The lowest BCUT2D eigenvalue weighted by Crippen LogP contribution is -2.29. The van der Waals surface area contributed by atoms with Crippen LogP contribution in [-0.4, -0.2) is 4.57 Å². The molecule has 0 N–H and O–H groups in total. The summed E-state index contributed by atoms with van der Waals surface area (Å²) in [5.41, 5.74) is 25.8. The molecular formula is C87H76N2. The van der Waals surface area contributed by atoms with E-state index >= 15 is 0 Å². The summed E-state index contributed by atoms with van der Waals surface area (Å²) in [4.78, 5) is 2.51. The molecule has 2 heteroatoms. The van der Waals surface area contributed by atoms with Crippen molar-refractivity contribution in [2.75, 3.05) is 4.90 Å². The van der Waals surface area contributed by atoms with Crippen LogP contribution in [0.1, 0.15) is 106 Å². The fraction of sp³-hybridized carbons (Fsp3) is 0.149. The zero-order valence-corrected chi connectivity index (χ0v) is 52.6. The second kappa shape index (κ2) is 22.0. The van der Waals surface area contributed by atoms with Gasteiger partial charge in [0.2, 0.25) is 0 Å². The normalized spacial score (nSPS) is 14.0. The van der Waals surface area contributed by atoms with E-state index in [-0.39, 0.29) is 16.2 Å². The Balaban J connectivity index is 0.961. The summed E-state index contributed by atoms with van der Waals surface area (Å²) >= 11 is 0. The van der Waals surface area contributed by atoms with Gasteiger partial charge in [0.05, 0.1) is 22.1 Å². The largest absolute Gasteiger partial charge is 0.310 e. The van der Waals surface area contributed by atoms with Gasteiger partial charge >= 0.3 is 0 Å². The average Bonchev–Trinajstić information content (AvgIpc) is 1.58. The van der Waals surface area contributed by atoms with Gasteiger partial charge in [-0.3, -0.25) is 0 Å². The molecule has 0 aliphatic heterocycles. The van der Waals surface area contributed by atoms with Crippen LogP contribution in [0.2, 0.25) is 0 Å². The second-order valence-corrected chi connectivity index (χ2v) is 27.4. The van der Waals surface area contributed by atoms with Crippen LogP contribution < -0.4 is 4.90 Å². The Morgan fingerprint density at radius 2 is 0.876 bits per heavy atom. The molecule has 1 aromatic heterocycles. The Hall–Kier alpha value is -10.0. The van der Waals surface area contributed by atoms with Crippen molar-refractivity contribution in [3.63, 3.8) is 0 Å². The zero-order chi connectivity index (χ0) is 61.4. The lowest BCUT2D eigenvalue weighted by Gasteiger charge is -2.35. The van der Waals surface area contributed by atoms with Gasteiger partial charge in [-0.15, -0.1) is 0 Å². The van der Waals surface area contributed by atoms with Crippen molar-refractivity contribution < 1.29 is 0 Å². The third kappa shape index (κ3) is 10.0. The van der Waals surface area contributed by atoms with Gasteiger partial charge in [0.25, 0.3) is 0 Å². The summed E-state index contributed by atoms with van der Waals surface area (Å²) in [6, 6.07) is 101. The molecule has 12 aromatic carbocycles. The van der Waals surface area contributed by atoms with Gasteiger partial charge in [-0.05, 0) is 184 Å². The molecule has 0 spiro atoms. The SMILES string of the molecule is C=Cc1ccc(-c2ccc3c(c2)c2cc(-c4cccc5c(N(c6ccc(-c7ccc(C(C)(C)CC(C)(C)C)cc7)cc6)c6ccc7c(c6)C(c6ccc(C=C)cc6)(c6ccc(C(C)(C)C)cc6)c6ccccc6-7)cccc45)ccc2n3-c2ccccc2)cc1. The van der Waals surface area contributed by atoms with Crippen molar-refractivity contribution in [2.45, 2.75) is 78.1 Å². The van der Waals surface area contributed by atoms with Crippen LogP contribution in [0.5, 0.6) is 0 Å².